The zero-order chi connectivity index (χ0) is 17.0. The van der Waals surface area contributed by atoms with Gasteiger partial charge in [-0.1, -0.05) is 56.9 Å². The molecule has 24 heavy (non-hydrogen) atoms. The third-order valence-electron chi connectivity index (χ3n) is 5.42. The Balaban J connectivity index is 1.81. The molecule has 2 atom stereocenters. The molecule has 2 aliphatic heterocycles. The maximum atomic E-state index is 13.0. The molecule has 0 radical (unpaired) electrons. The van der Waals surface area contributed by atoms with Gasteiger partial charge in [-0.2, -0.15) is 0 Å². The summed E-state index contributed by atoms with van der Waals surface area (Å²) in [6.45, 7) is 3.35. The standard InChI is InChI=1S/C20H29NO2S/c1-2-3-4-6-10-17-15-20(16-18-11-9-14-21(17)18)24(22,23)19-12-7-5-8-13-19/h5,7-8,12-13,15,17-18H,2-4,6,9-11,14,16H2,1H3/t17-,18+/m0/s1. The lowest BCUT2D eigenvalue weighted by atomic mass is 9.99. The van der Waals surface area contributed by atoms with Crippen molar-refractivity contribution in [1.29, 1.82) is 0 Å². The number of sulfone groups is 1. The van der Waals surface area contributed by atoms with Crippen molar-refractivity contribution in [2.45, 2.75) is 75.3 Å². The van der Waals surface area contributed by atoms with E-state index in [4.69, 9.17) is 0 Å². The van der Waals surface area contributed by atoms with Crippen LogP contribution in [0, 0.1) is 0 Å². The molecule has 2 heterocycles. The predicted molar refractivity (Wildman–Crippen MR) is 98.6 cm³/mol. The first-order chi connectivity index (χ1) is 11.6. The highest BCUT2D eigenvalue weighted by Gasteiger charge is 2.37. The molecule has 1 saturated heterocycles. The van der Waals surface area contributed by atoms with E-state index in [2.05, 4.69) is 17.9 Å². The van der Waals surface area contributed by atoms with Crippen LogP contribution < -0.4 is 0 Å². The van der Waals surface area contributed by atoms with Crippen LogP contribution in [0.1, 0.15) is 58.3 Å². The minimum absolute atomic E-state index is 0.302. The number of unbranched alkanes of at least 4 members (excludes halogenated alkanes) is 3. The Labute approximate surface area is 146 Å². The first kappa shape index (κ1) is 17.7. The molecule has 1 aromatic rings. The Hall–Kier alpha value is -1.13. The van der Waals surface area contributed by atoms with Crippen molar-refractivity contribution in [3.63, 3.8) is 0 Å². The molecule has 0 aliphatic carbocycles. The second-order valence-corrected chi connectivity index (χ2v) is 9.11. The highest BCUT2D eigenvalue weighted by molar-refractivity contribution is 7.95. The molecule has 1 aromatic carbocycles. The summed E-state index contributed by atoms with van der Waals surface area (Å²) in [6, 6.07) is 9.63. The number of hydrogen-bond acceptors (Lipinski definition) is 3. The van der Waals surface area contributed by atoms with E-state index in [1.807, 2.05) is 6.07 Å². The number of nitrogens with zero attached hydrogens (tertiary/aromatic N) is 1. The van der Waals surface area contributed by atoms with Gasteiger partial charge in [0.15, 0.2) is 0 Å². The van der Waals surface area contributed by atoms with Crippen LogP contribution in [0.15, 0.2) is 46.2 Å². The second kappa shape index (κ2) is 7.83. The summed E-state index contributed by atoms with van der Waals surface area (Å²) in [5.41, 5.74) is 0. The monoisotopic (exact) mass is 347 g/mol. The molecule has 132 valence electrons. The second-order valence-electron chi connectivity index (χ2n) is 7.10. The minimum atomic E-state index is -3.33. The zero-order valence-corrected chi connectivity index (χ0v) is 15.5. The molecule has 0 bridgehead atoms. The van der Waals surface area contributed by atoms with E-state index in [1.54, 1.807) is 24.3 Å². The first-order valence-corrected chi connectivity index (χ1v) is 10.9. The summed E-state index contributed by atoms with van der Waals surface area (Å²) in [4.78, 5) is 3.64. The first-order valence-electron chi connectivity index (χ1n) is 9.39. The van der Waals surface area contributed by atoms with Gasteiger partial charge >= 0.3 is 0 Å². The Kier molecular flexibility index (Phi) is 5.77. The number of fused-ring (bicyclic) bond motifs is 1. The molecule has 0 N–H and O–H groups in total. The summed E-state index contributed by atoms with van der Waals surface area (Å²) in [6.07, 6.45) is 11.1. The van der Waals surface area contributed by atoms with Gasteiger partial charge < -0.3 is 0 Å². The van der Waals surface area contributed by atoms with E-state index >= 15 is 0 Å². The van der Waals surface area contributed by atoms with E-state index in [1.165, 1.54) is 32.1 Å². The van der Waals surface area contributed by atoms with Crippen LogP contribution in [0.2, 0.25) is 0 Å². The van der Waals surface area contributed by atoms with Gasteiger partial charge in [-0.05, 0) is 44.4 Å². The average Bonchev–Trinajstić information content (AvgIpc) is 3.08. The maximum absolute atomic E-state index is 13.0. The Morgan fingerprint density at radius 2 is 1.92 bits per heavy atom. The highest BCUT2D eigenvalue weighted by atomic mass is 32.2. The van der Waals surface area contributed by atoms with Crippen molar-refractivity contribution in [2.24, 2.45) is 0 Å². The Morgan fingerprint density at radius 3 is 2.67 bits per heavy atom. The Bertz CT molecular complexity index is 666. The van der Waals surface area contributed by atoms with Crippen molar-refractivity contribution >= 4 is 9.84 Å². The van der Waals surface area contributed by atoms with Crippen LogP contribution in [-0.4, -0.2) is 31.9 Å². The van der Waals surface area contributed by atoms with Gasteiger partial charge in [0.05, 0.1) is 4.90 Å². The van der Waals surface area contributed by atoms with Gasteiger partial charge in [-0.3, -0.25) is 4.90 Å². The summed E-state index contributed by atoms with van der Waals surface area (Å²) in [7, 11) is -3.33. The fourth-order valence-electron chi connectivity index (χ4n) is 4.10. The van der Waals surface area contributed by atoms with E-state index in [0.29, 0.717) is 28.3 Å². The lowest BCUT2D eigenvalue weighted by molar-refractivity contribution is 0.187. The van der Waals surface area contributed by atoms with Crippen LogP contribution in [0.4, 0.5) is 0 Å². The van der Waals surface area contributed by atoms with Crippen LogP contribution in [-0.2, 0) is 9.84 Å². The molecule has 0 saturated carbocycles. The Morgan fingerprint density at radius 1 is 1.12 bits per heavy atom. The molecule has 1 fully saturated rings. The highest BCUT2D eigenvalue weighted by Crippen LogP contribution is 2.36. The van der Waals surface area contributed by atoms with Gasteiger partial charge in [0.2, 0.25) is 9.84 Å². The fraction of sp³-hybridized carbons (Fsp3) is 0.600. The van der Waals surface area contributed by atoms with Gasteiger partial charge in [-0.25, -0.2) is 8.42 Å². The SMILES string of the molecule is CCCCCC[C@H]1C=C(S(=O)(=O)c2ccccc2)C[C@H]2CCCN21. The largest absolute Gasteiger partial charge is 0.294 e. The van der Waals surface area contributed by atoms with Crippen molar-refractivity contribution in [3.05, 3.63) is 41.3 Å². The van der Waals surface area contributed by atoms with Crippen molar-refractivity contribution in [3.8, 4) is 0 Å². The van der Waals surface area contributed by atoms with Crippen molar-refractivity contribution in [2.75, 3.05) is 6.54 Å². The van der Waals surface area contributed by atoms with Crippen LogP contribution >= 0.6 is 0 Å². The number of rotatable bonds is 7. The molecule has 3 rings (SSSR count). The van der Waals surface area contributed by atoms with Gasteiger partial charge in [-0.15, -0.1) is 0 Å². The van der Waals surface area contributed by atoms with Crippen LogP contribution in [0.25, 0.3) is 0 Å². The molecule has 0 amide bonds. The van der Waals surface area contributed by atoms with E-state index in [9.17, 15) is 8.42 Å². The lowest BCUT2D eigenvalue weighted by Gasteiger charge is -2.36. The lowest BCUT2D eigenvalue weighted by Crippen LogP contribution is -2.42. The third-order valence-corrected chi connectivity index (χ3v) is 7.30. The third kappa shape index (κ3) is 3.75. The molecule has 0 aromatic heterocycles. The van der Waals surface area contributed by atoms with Crippen molar-refractivity contribution < 1.29 is 8.42 Å². The molecule has 0 unspecified atom stereocenters. The molecular weight excluding hydrogens is 318 g/mol. The average molecular weight is 348 g/mol. The number of hydrogen-bond donors (Lipinski definition) is 0. The molecule has 0 spiro atoms. The predicted octanol–water partition coefficient (Wildman–Crippen LogP) is 4.55. The maximum Gasteiger partial charge on any atom is 0.202 e. The zero-order valence-electron chi connectivity index (χ0n) is 14.7. The van der Waals surface area contributed by atoms with Gasteiger partial charge in [0.1, 0.15) is 0 Å². The summed E-state index contributed by atoms with van der Waals surface area (Å²) in [5.74, 6) is 0. The van der Waals surface area contributed by atoms with Gasteiger partial charge in [0, 0.05) is 17.0 Å². The summed E-state index contributed by atoms with van der Waals surface area (Å²) in [5, 5.41) is 0. The number of benzene rings is 1. The normalized spacial score (nSPS) is 24.6. The molecule has 4 heteroatoms. The van der Waals surface area contributed by atoms with E-state index in [-0.39, 0.29) is 0 Å². The molecule has 3 nitrogen and oxygen atoms in total. The smallest absolute Gasteiger partial charge is 0.202 e. The topological polar surface area (TPSA) is 37.4 Å². The van der Waals surface area contributed by atoms with Crippen molar-refractivity contribution in [1.82, 2.24) is 4.90 Å². The fourth-order valence-corrected chi connectivity index (χ4v) is 5.67. The quantitative estimate of drug-likeness (QED) is 0.679. The molecule has 2 aliphatic rings. The minimum Gasteiger partial charge on any atom is -0.294 e. The summed E-state index contributed by atoms with van der Waals surface area (Å²) >= 11 is 0. The van der Waals surface area contributed by atoms with E-state index in [0.717, 1.165) is 19.4 Å². The summed E-state index contributed by atoms with van der Waals surface area (Å²) < 4.78 is 26.0. The van der Waals surface area contributed by atoms with Crippen LogP contribution in [0.5, 0.6) is 0 Å². The van der Waals surface area contributed by atoms with Crippen LogP contribution in [0.3, 0.4) is 0 Å². The van der Waals surface area contributed by atoms with Gasteiger partial charge in [0.25, 0.3) is 0 Å². The van der Waals surface area contributed by atoms with E-state index < -0.39 is 9.84 Å². The molecular formula is C20H29NO2S.